The predicted octanol–water partition coefficient (Wildman–Crippen LogP) is 5.59. The number of isocyanates is 1. The van der Waals surface area contributed by atoms with Crippen LogP contribution in [0, 0.1) is 62.2 Å². The number of nitrogens with one attached hydrogen (secondary N) is 3. The zero-order valence-corrected chi connectivity index (χ0v) is 45.6. The van der Waals surface area contributed by atoms with E-state index in [1.165, 1.54) is 18.9 Å². The smallest absolute Gasteiger partial charge is 1.00 e. The van der Waals surface area contributed by atoms with Crippen molar-refractivity contribution in [1.29, 1.82) is 0 Å². The monoisotopic (exact) mass is 1110 g/mol. The summed E-state index contributed by atoms with van der Waals surface area (Å²) < 4.78 is 10.2. The number of terminal acetylenes is 5. The number of nitrogens with two attached hydrogens (primary N) is 1. The molecule has 0 aromatic heterocycles. The van der Waals surface area contributed by atoms with Crippen LogP contribution in [-0.4, -0.2) is 104 Å². The summed E-state index contributed by atoms with van der Waals surface area (Å²) >= 11 is 10.6. The van der Waals surface area contributed by atoms with Crippen LogP contribution in [0.3, 0.4) is 0 Å². The number of urea groups is 1. The van der Waals surface area contributed by atoms with Gasteiger partial charge in [0.2, 0.25) is 6.08 Å². The second-order valence-electron chi connectivity index (χ2n) is 13.8. The van der Waals surface area contributed by atoms with Gasteiger partial charge in [0.1, 0.15) is 31.1 Å². The molecule has 5 aromatic carbocycles. The largest absolute Gasteiger partial charge is 2.00 e. The Morgan fingerprint density at radius 1 is 0.716 bits per heavy atom. The van der Waals surface area contributed by atoms with Crippen LogP contribution < -0.4 is 38.7 Å². The Hall–Kier alpha value is -6.80. The molecule has 0 saturated carbocycles. The minimum Gasteiger partial charge on any atom is -1.00 e. The number of alkyl halides is 2. The summed E-state index contributed by atoms with van der Waals surface area (Å²) in [6.07, 6.45) is 33.9. The number of rotatable bonds is 11. The fraction of sp³-hybridized carbons (Fsp3) is 0.241. The molecule has 2 heterocycles. The Balaban J connectivity index is -0.000000810. The minimum atomic E-state index is -0.763. The molecule has 2 aliphatic heterocycles. The molecule has 6 N–H and O–H groups in total. The number of aliphatic hydroxyl groups is 1. The van der Waals surface area contributed by atoms with Crippen molar-refractivity contribution in [3.63, 3.8) is 0 Å². The van der Waals surface area contributed by atoms with E-state index in [2.05, 4.69) is 56.0 Å². The van der Waals surface area contributed by atoms with Crippen LogP contribution >= 0.6 is 23.2 Å². The van der Waals surface area contributed by atoms with Crippen molar-refractivity contribution >= 4 is 70.7 Å². The first-order chi connectivity index (χ1) is 35.2. The van der Waals surface area contributed by atoms with Crippen LogP contribution in [-0.2, 0) is 14.3 Å². The molecule has 4 unspecified atom stereocenters. The standard InChI is InChI=1S/C12H13ClN2O.C12H12N2O.C9H9N.C9H8O.C7H6O.C4H8O.C3H4ClNO.C2H.BrH.Mg/c1-2-11(10-6-4-3-5-7-10)15-12(16)14-9-8-13;1-2-11(10-6-4-3-5-7-10)14-12-13-8-9-15-12;2*1-2-9(10)8-6-4-3-5-7-8;8-6-7-4-2-1-3-5-7;1-2-4-5-3-1;4-1-2-5-3-6;1-2;;/h1,3-7,11H,8-9H2,(H2,14,15,16);1,3-7,11H,8-9H2,(H,13,14);1,3-7,9H,10H2;1,3-7,9-10H;1-6H;1-4H2;1-2H2;1H;1H;/q;;;;;;;-1;;+2/p-1. The second kappa shape index (κ2) is 51.1. The Morgan fingerprint density at radius 2 is 1.18 bits per heavy atom. The van der Waals surface area contributed by atoms with E-state index < -0.39 is 12.1 Å². The van der Waals surface area contributed by atoms with E-state index in [4.69, 9.17) is 75.6 Å². The Bertz CT molecular complexity index is 2380. The number of halogens is 3. The number of aldehydes is 1. The van der Waals surface area contributed by atoms with Crippen molar-refractivity contribution in [3.05, 3.63) is 186 Å². The summed E-state index contributed by atoms with van der Waals surface area (Å²) in [6.45, 7) is 4.13. The molecule has 5 aromatic rings. The van der Waals surface area contributed by atoms with Crippen LogP contribution in [0.4, 0.5) is 4.79 Å². The summed E-state index contributed by atoms with van der Waals surface area (Å²) in [5.74, 6) is 10.7. The molecule has 12 nitrogen and oxygen atoms in total. The molecule has 0 radical (unpaired) electrons. The number of hydrogen-bond donors (Lipinski definition) is 5. The Kier molecular flexibility index (Phi) is 49.3. The third-order valence-corrected chi connectivity index (χ3v) is 9.10. The number of hydrogen-bond acceptors (Lipinski definition) is 10. The van der Waals surface area contributed by atoms with Gasteiger partial charge in [0, 0.05) is 37.1 Å². The van der Waals surface area contributed by atoms with Crippen LogP contribution in [0.5, 0.6) is 0 Å². The zero-order chi connectivity index (χ0) is 53.3. The molecule has 1 saturated heterocycles. The molecule has 0 aliphatic carbocycles. The fourth-order valence-electron chi connectivity index (χ4n) is 5.24. The van der Waals surface area contributed by atoms with E-state index in [9.17, 15) is 14.4 Å². The second-order valence-corrected chi connectivity index (χ2v) is 14.6. The van der Waals surface area contributed by atoms with Gasteiger partial charge < -0.3 is 66.1 Å². The van der Waals surface area contributed by atoms with Crippen molar-refractivity contribution in [3.8, 4) is 55.8 Å². The third kappa shape index (κ3) is 36.2. The Morgan fingerprint density at radius 3 is 1.51 bits per heavy atom. The van der Waals surface area contributed by atoms with Crippen molar-refractivity contribution in [1.82, 2.24) is 16.0 Å². The number of carbonyl (C=O) groups excluding carboxylic acids is 3. The summed E-state index contributed by atoms with van der Waals surface area (Å²) in [7, 11) is 0. The van der Waals surface area contributed by atoms with Gasteiger partial charge in [-0.15, -0.1) is 48.9 Å². The molecule has 0 spiro atoms. The number of amidine groups is 1. The zero-order valence-electron chi connectivity index (χ0n) is 41.1. The first-order valence-electron chi connectivity index (χ1n) is 22.2. The van der Waals surface area contributed by atoms with E-state index in [1.54, 1.807) is 24.3 Å². The molecule has 4 atom stereocenters. The van der Waals surface area contributed by atoms with Crippen LogP contribution in [0.2, 0.25) is 0 Å². The summed E-state index contributed by atoms with van der Waals surface area (Å²) in [4.78, 5) is 37.9. The molecular weight excluding hydrogens is 1050 g/mol. The molecule has 382 valence electrons. The average Bonchev–Trinajstić information content (AvgIpc) is 4.24. The molecule has 2 aliphatic rings. The van der Waals surface area contributed by atoms with Crippen molar-refractivity contribution in [2.45, 2.75) is 37.1 Å². The van der Waals surface area contributed by atoms with E-state index in [-0.39, 0.29) is 58.1 Å². The summed E-state index contributed by atoms with van der Waals surface area (Å²) in [5.41, 5.74) is 9.97. The van der Waals surface area contributed by atoms with Crippen molar-refractivity contribution < 1.29 is 45.9 Å². The maximum atomic E-state index is 11.4. The van der Waals surface area contributed by atoms with E-state index >= 15 is 0 Å². The topological polar surface area (TPSA) is 177 Å². The molecule has 16 heteroatoms. The third-order valence-electron chi connectivity index (χ3n) is 8.74. The quantitative estimate of drug-likeness (QED) is 0.0216. The first kappa shape index (κ1) is 71.4. The van der Waals surface area contributed by atoms with Gasteiger partial charge in [0.15, 0.2) is 0 Å². The van der Waals surface area contributed by atoms with Gasteiger partial charge in [-0.1, -0.05) is 175 Å². The van der Waals surface area contributed by atoms with E-state index in [0.717, 1.165) is 47.3 Å². The SMILES string of the molecule is C#CC(N)c1ccccc1.C#CC(NC(=O)NCCCl)c1ccccc1.C#CC(NC1=NCCO1)c1ccccc1.C#CC(O)c1ccccc1.C1CCOC1.O=C=NCCCl.O=Cc1ccccc1.[Br-].[C-]#C.[Mg+2]. The number of carbonyl (C=O) groups is 2. The summed E-state index contributed by atoms with van der Waals surface area (Å²) in [6, 6.07) is 46.5. The van der Waals surface area contributed by atoms with E-state index in [1.807, 2.05) is 127 Å². The number of aliphatic hydroxyl groups excluding tert-OH is 1. The first-order valence-corrected chi connectivity index (χ1v) is 23.3. The molecule has 2 amide bonds. The number of benzene rings is 5. The number of nitrogens with zero attached hydrogens (tertiary/aromatic N) is 2. The van der Waals surface area contributed by atoms with Gasteiger partial charge in [0.05, 0.1) is 19.1 Å². The minimum absolute atomic E-state index is 0. The van der Waals surface area contributed by atoms with Crippen LogP contribution in [0.25, 0.3) is 0 Å². The maximum absolute atomic E-state index is 11.4. The van der Waals surface area contributed by atoms with Gasteiger partial charge in [-0.3, -0.25) is 4.79 Å². The number of ether oxygens (including phenoxy) is 2. The Labute approximate surface area is 475 Å². The van der Waals surface area contributed by atoms with Gasteiger partial charge in [0.25, 0.3) is 6.02 Å². The normalized spacial score (nSPS) is 12.1. The van der Waals surface area contributed by atoms with Gasteiger partial charge in [-0.25, -0.2) is 19.6 Å². The molecule has 74 heavy (non-hydrogen) atoms. The maximum Gasteiger partial charge on any atom is 2.00 e. The molecular formula is C58H61BrCl2MgN6O6. The predicted molar refractivity (Wildman–Crippen MR) is 297 cm³/mol. The van der Waals surface area contributed by atoms with Crippen LogP contribution in [0.15, 0.2) is 162 Å². The number of aliphatic imine (C=N–C) groups is 2. The van der Waals surface area contributed by atoms with Gasteiger partial charge in [-0.2, -0.15) is 0 Å². The average molecular weight is 1110 g/mol. The van der Waals surface area contributed by atoms with Gasteiger partial charge >= 0.3 is 29.1 Å². The van der Waals surface area contributed by atoms with Crippen LogP contribution in [0.1, 0.15) is 69.7 Å². The van der Waals surface area contributed by atoms with Crippen molar-refractivity contribution in [2.24, 2.45) is 15.7 Å². The molecule has 7 rings (SSSR count). The molecule has 0 bridgehead atoms. The summed E-state index contributed by atoms with van der Waals surface area (Å²) in [5, 5.41) is 17.4. The molecule has 1 fully saturated rings. The van der Waals surface area contributed by atoms with E-state index in [0.29, 0.717) is 44.0 Å². The van der Waals surface area contributed by atoms with Gasteiger partial charge in [-0.05, 0) is 35.1 Å². The number of amides is 2. The fourth-order valence-corrected chi connectivity index (χ4v) is 5.42. The van der Waals surface area contributed by atoms with Crippen molar-refractivity contribution in [2.75, 3.05) is 51.2 Å².